The summed E-state index contributed by atoms with van der Waals surface area (Å²) in [6.45, 7) is 5.12. The number of pyridine rings is 1. The Bertz CT molecular complexity index is 833. The van der Waals surface area contributed by atoms with Gasteiger partial charge in [-0.15, -0.1) is 0 Å². The molecule has 148 valence electrons. The van der Waals surface area contributed by atoms with Crippen LogP contribution in [0, 0.1) is 0 Å². The molecule has 2 aliphatic rings. The van der Waals surface area contributed by atoms with E-state index < -0.39 is 0 Å². The van der Waals surface area contributed by atoms with Crippen molar-refractivity contribution >= 4 is 17.5 Å². The number of anilines is 2. The van der Waals surface area contributed by atoms with Gasteiger partial charge in [0.15, 0.2) is 5.96 Å². The molecule has 3 N–H and O–H groups in total. The quantitative estimate of drug-likeness (QED) is 0.631. The van der Waals surface area contributed by atoms with E-state index in [1.807, 2.05) is 6.20 Å². The first kappa shape index (κ1) is 18.7. The normalized spacial score (nSPS) is 20.0. The van der Waals surface area contributed by atoms with Crippen molar-refractivity contribution in [2.24, 2.45) is 10.7 Å². The molecule has 1 aliphatic carbocycles. The van der Waals surface area contributed by atoms with Gasteiger partial charge in [0.05, 0.1) is 19.3 Å². The molecule has 28 heavy (non-hydrogen) atoms. The number of aryl methyl sites for hydroxylation is 1. The van der Waals surface area contributed by atoms with Crippen LogP contribution in [0.25, 0.3) is 0 Å². The van der Waals surface area contributed by atoms with Crippen molar-refractivity contribution < 1.29 is 4.74 Å². The molecule has 1 aromatic heterocycles. The Labute approximate surface area is 166 Å². The third-order valence-corrected chi connectivity index (χ3v) is 5.46. The topological polar surface area (TPSA) is 75.8 Å². The highest BCUT2D eigenvalue weighted by atomic mass is 16.5. The number of fused-ring (bicyclic) bond motifs is 1. The molecule has 1 atom stereocenters. The number of aliphatic imine (C=N–C) groups is 1. The van der Waals surface area contributed by atoms with Crippen LogP contribution in [0.1, 0.15) is 36.5 Å². The fraction of sp³-hybridized carbons (Fsp3) is 0.455. The van der Waals surface area contributed by atoms with Crippen LogP contribution in [0.4, 0.5) is 11.5 Å². The lowest BCUT2D eigenvalue weighted by Crippen LogP contribution is -2.41. The number of nitrogens with zero attached hydrogens (tertiary/aromatic N) is 3. The minimum atomic E-state index is 0.245. The first-order valence-corrected chi connectivity index (χ1v) is 10.2. The molecule has 0 bridgehead atoms. The summed E-state index contributed by atoms with van der Waals surface area (Å²) in [7, 11) is 0. The molecule has 0 amide bonds. The van der Waals surface area contributed by atoms with Crippen LogP contribution in [0.2, 0.25) is 0 Å². The summed E-state index contributed by atoms with van der Waals surface area (Å²) in [6, 6.07) is 10.5. The van der Waals surface area contributed by atoms with Gasteiger partial charge in [0.25, 0.3) is 0 Å². The predicted molar refractivity (Wildman–Crippen MR) is 114 cm³/mol. The van der Waals surface area contributed by atoms with Crippen LogP contribution in [0.5, 0.6) is 0 Å². The maximum Gasteiger partial charge on any atom is 0.193 e. The zero-order chi connectivity index (χ0) is 19.3. The van der Waals surface area contributed by atoms with Gasteiger partial charge < -0.3 is 20.7 Å². The van der Waals surface area contributed by atoms with Gasteiger partial charge in [-0.25, -0.2) is 9.98 Å². The molecule has 6 heteroatoms. The highest BCUT2D eigenvalue weighted by Gasteiger charge is 2.17. The van der Waals surface area contributed by atoms with E-state index in [1.54, 1.807) is 0 Å². The number of morpholine rings is 1. The summed E-state index contributed by atoms with van der Waals surface area (Å²) in [5, 5.41) is 3.29. The summed E-state index contributed by atoms with van der Waals surface area (Å²) in [5.74, 6) is 1.44. The summed E-state index contributed by atoms with van der Waals surface area (Å²) in [6.07, 6.45) is 6.90. The van der Waals surface area contributed by atoms with E-state index in [-0.39, 0.29) is 6.10 Å². The van der Waals surface area contributed by atoms with Gasteiger partial charge in [-0.2, -0.15) is 0 Å². The molecule has 0 saturated carbocycles. The van der Waals surface area contributed by atoms with Crippen molar-refractivity contribution in [3.8, 4) is 0 Å². The fourth-order valence-electron chi connectivity index (χ4n) is 3.98. The second-order valence-corrected chi connectivity index (χ2v) is 7.63. The first-order valence-electron chi connectivity index (χ1n) is 10.2. The predicted octanol–water partition coefficient (Wildman–Crippen LogP) is 3.11. The molecule has 4 rings (SSSR count). The zero-order valence-corrected chi connectivity index (χ0v) is 16.5. The molecule has 6 nitrogen and oxygen atoms in total. The van der Waals surface area contributed by atoms with Crippen LogP contribution in [-0.2, 0) is 24.1 Å². The summed E-state index contributed by atoms with van der Waals surface area (Å²) < 4.78 is 5.59. The van der Waals surface area contributed by atoms with E-state index in [9.17, 15) is 0 Å². The average molecular weight is 380 g/mol. The lowest BCUT2D eigenvalue weighted by molar-refractivity contribution is 0.0529. The Morgan fingerprint density at radius 2 is 2.18 bits per heavy atom. The van der Waals surface area contributed by atoms with Gasteiger partial charge in [0, 0.05) is 25.0 Å². The molecule has 2 aromatic rings. The van der Waals surface area contributed by atoms with E-state index >= 15 is 0 Å². The molecule has 1 unspecified atom stereocenters. The Morgan fingerprint density at radius 1 is 1.29 bits per heavy atom. The SMILES string of the molecule is CC1CN(c2ccc(CN=C(N)Nc3cccc4c3CCCC4)cn2)CCO1. The summed E-state index contributed by atoms with van der Waals surface area (Å²) in [5.41, 5.74) is 11.1. The van der Waals surface area contributed by atoms with Gasteiger partial charge in [-0.1, -0.05) is 18.2 Å². The highest BCUT2D eigenvalue weighted by Crippen LogP contribution is 2.27. The highest BCUT2D eigenvalue weighted by molar-refractivity contribution is 5.93. The van der Waals surface area contributed by atoms with Crippen LogP contribution in [0.3, 0.4) is 0 Å². The Hall–Kier alpha value is -2.60. The van der Waals surface area contributed by atoms with Gasteiger partial charge in [-0.3, -0.25) is 0 Å². The number of aromatic nitrogens is 1. The molecule has 1 fully saturated rings. The van der Waals surface area contributed by atoms with E-state index in [0.717, 1.165) is 49.6 Å². The third-order valence-electron chi connectivity index (χ3n) is 5.46. The molecular weight excluding hydrogens is 350 g/mol. The Morgan fingerprint density at radius 3 is 3.00 bits per heavy atom. The maximum absolute atomic E-state index is 6.15. The molecule has 1 saturated heterocycles. The third kappa shape index (κ3) is 4.44. The van der Waals surface area contributed by atoms with Gasteiger partial charge >= 0.3 is 0 Å². The molecule has 2 heterocycles. The van der Waals surface area contributed by atoms with Crippen molar-refractivity contribution in [2.75, 3.05) is 29.9 Å². The largest absolute Gasteiger partial charge is 0.375 e. The van der Waals surface area contributed by atoms with Crippen LogP contribution in [-0.4, -0.2) is 36.7 Å². The molecular formula is C22H29N5O. The van der Waals surface area contributed by atoms with Crippen LogP contribution < -0.4 is 16.0 Å². The first-order chi connectivity index (χ1) is 13.7. The number of hydrogen-bond acceptors (Lipinski definition) is 4. The number of nitrogens with two attached hydrogens (primary N) is 1. The standard InChI is InChI=1S/C22H29N5O/c1-16-15-27(11-12-28-16)21-10-9-17(13-24-21)14-25-22(23)26-20-8-4-6-18-5-2-3-7-19(18)20/h4,6,8-10,13,16H,2-3,5,7,11-12,14-15H2,1H3,(H3,23,25,26). The number of hydrogen-bond donors (Lipinski definition) is 2. The second kappa shape index (κ2) is 8.61. The lowest BCUT2D eigenvalue weighted by Gasteiger charge is -2.32. The smallest absolute Gasteiger partial charge is 0.193 e. The van der Waals surface area contributed by atoms with Crippen molar-refractivity contribution in [1.29, 1.82) is 0 Å². The zero-order valence-electron chi connectivity index (χ0n) is 16.5. The maximum atomic E-state index is 6.15. The molecule has 1 aliphatic heterocycles. The molecule has 0 spiro atoms. The second-order valence-electron chi connectivity index (χ2n) is 7.63. The summed E-state index contributed by atoms with van der Waals surface area (Å²) >= 11 is 0. The number of rotatable bonds is 4. The number of benzene rings is 1. The van der Waals surface area contributed by atoms with Gasteiger partial charge in [0.2, 0.25) is 0 Å². The van der Waals surface area contributed by atoms with Crippen LogP contribution >= 0.6 is 0 Å². The number of guanidine groups is 1. The molecule has 1 aromatic carbocycles. The van der Waals surface area contributed by atoms with Crippen LogP contribution in [0.15, 0.2) is 41.5 Å². The van der Waals surface area contributed by atoms with Crippen molar-refractivity contribution in [3.05, 3.63) is 53.2 Å². The Balaban J connectivity index is 1.37. The minimum absolute atomic E-state index is 0.245. The van der Waals surface area contributed by atoms with Crippen molar-refractivity contribution in [3.63, 3.8) is 0 Å². The van der Waals surface area contributed by atoms with Crippen molar-refractivity contribution in [1.82, 2.24) is 4.98 Å². The monoisotopic (exact) mass is 379 g/mol. The van der Waals surface area contributed by atoms with Gasteiger partial charge in [0.1, 0.15) is 5.82 Å². The van der Waals surface area contributed by atoms with E-state index in [2.05, 4.69) is 57.4 Å². The average Bonchev–Trinajstić information content (AvgIpc) is 2.73. The molecule has 0 radical (unpaired) electrons. The fourth-order valence-corrected chi connectivity index (χ4v) is 3.98. The van der Waals surface area contributed by atoms with E-state index in [1.165, 1.54) is 24.0 Å². The minimum Gasteiger partial charge on any atom is -0.375 e. The van der Waals surface area contributed by atoms with E-state index in [4.69, 9.17) is 10.5 Å². The number of ether oxygens (including phenoxy) is 1. The number of nitrogens with one attached hydrogen (secondary N) is 1. The van der Waals surface area contributed by atoms with E-state index in [0.29, 0.717) is 12.5 Å². The van der Waals surface area contributed by atoms with Crippen molar-refractivity contribution in [2.45, 2.75) is 45.3 Å². The summed E-state index contributed by atoms with van der Waals surface area (Å²) in [4.78, 5) is 11.4. The lowest BCUT2D eigenvalue weighted by atomic mass is 9.90. The van der Waals surface area contributed by atoms with Gasteiger partial charge in [-0.05, 0) is 61.4 Å². The Kier molecular flexibility index (Phi) is 5.76.